The Kier molecular flexibility index (Phi) is 6.06. The molecule has 0 bridgehead atoms. The molecule has 0 aromatic carbocycles. The smallest absolute Gasteiger partial charge is 0.271 e. The molecule has 25 heavy (non-hydrogen) atoms. The molecule has 132 valence electrons. The van der Waals surface area contributed by atoms with Crippen LogP contribution in [0.1, 0.15) is 41.0 Å². The van der Waals surface area contributed by atoms with Gasteiger partial charge in [0.1, 0.15) is 5.69 Å². The van der Waals surface area contributed by atoms with Crippen molar-refractivity contribution >= 4 is 5.91 Å². The van der Waals surface area contributed by atoms with E-state index in [1.54, 1.807) is 6.20 Å². The largest absolute Gasteiger partial charge is 0.351 e. The van der Waals surface area contributed by atoms with Crippen LogP contribution in [0.3, 0.4) is 0 Å². The summed E-state index contributed by atoms with van der Waals surface area (Å²) in [7, 11) is 0. The summed E-state index contributed by atoms with van der Waals surface area (Å²) in [5.41, 5.74) is 2.50. The highest BCUT2D eigenvalue weighted by molar-refractivity contribution is 5.91. The third-order valence-corrected chi connectivity index (χ3v) is 4.61. The maximum absolute atomic E-state index is 12.1. The molecular formula is C19H25N5O. The van der Waals surface area contributed by atoms with E-state index in [0.29, 0.717) is 18.2 Å². The van der Waals surface area contributed by atoms with Gasteiger partial charge >= 0.3 is 0 Å². The van der Waals surface area contributed by atoms with Gasteiger partial charge in [0.25, 0.3) is 5.91 Å². The minimum absolute atomic E-state index is 0.142. The number of likely N-dealkylation sites (tertiary alicyclic amines) is 1. The SMILES string of the molecule is Cc1cnc(C(=O)NCCC2CCCN(Cc3ccncc3)C2)cn1. The van der Waals surface area contributed by atoms with E-state index in [-0.39, 0.29) is 5.91 Å². The lowest BCUT2D eigenvalue weighted by Crippen LogP contribution is -2.36. The van der Waals surface area contributed by atoms with Gasteiger partial charge in [0.05, 0.1) is 11.9 Å². The van der Waals surface area contributed by atoms with Crippen LogP contribution in [-0.2, 0) is 6.54 Å². The van der Waals surface area contributed by atoms with Crippen LogP contribution >= 0.6 is 0 Å². The Hall–Kier alpha value is -2.34. The number of aryl methyl sites for hydroxylation is 1. The summed E-state index contributed by atoms with van der Waals surface area (Å²) in [5.74, 6) is 0.483. The van der Waals surface area contributed by atoms with Crippen LogP contribution in [0.25, 0.3) is 0 Å². The van der Waals surface area contributed by atoms with Crippen LogP contribution in [0.2, 0.25) is 0 Å². The van der Waals surface area contributed by atoms with Crippen molar-refractivity contribution in [3.05, 3.63) is 53.9 Å². The van der Waals surface area contributed by atoms with Crippen LogP contribution < -0.4 is 5.32 Å². The molecule has 1 unspecified atom stereocenters. The molecule has 1 N–H and O–H groups in total. The van der Waals surface area contributed by atoms with Gasteiger partial charge < -0.3 is 5.32 Å². The predicted octanol–water partition coefficient (Wildman–Crippen LogP) is 2.21. The van der Waals surface area contributed by atoms with E-state index in [9.17, 15) is 4.79 Å². The van der Waals surface area contributed by atoms with Gasteiger partial charge in [-0.25, -0.2) is 4.98 Å². The van der Waals surface area contributed by atoms with Crippen LogP contribution in [0.4, 0.5) is 0 Å². The average molecular weight is 339 g/mol. The fraction of sp³-hybridized carbons (Fsp3) is 0.474. The molecule has 1 saturated heterocycles. The molecule has 2 aromatic heterocycles. The minimum Gasteiger partial charge on any atom is -0.351 e. The Bertz CT molecular complexity index is 674. The summed E-state index contributed by atoms with van der Waals surface area (Å²) >= 11 is 0. The Morgan fingerprint density at radius 2 is 2.12 bits per heavy atom. The monoisotopic (exact) mass is 339 g/mol. The van der Waals surface area contributed by atoms with Gasteiger partial charge in [-0.15, -0.1) is 0 Å². The molecule has 3 heterocycles. The molecule has 2 aromatic rings. The van der Waals surface area contributed by atoms with Crippen LogP contribution in [0, 0.1) is 12.8 Å². The Balaban J connectivity index is 1.42. The lowest BCUT2D eigenvalue weighted by Gasteiger charge is -2.32. The number of carbonyl (C=O) groups excluding carboxylic acids is 1. The molecule has 3 rings (SSSR count). The van der Waals surface area contributed by atoms with E-state index >= 15 is 0 Å². The van der Waals surface area contributed by atoms with Crippen molar-refractivity contribution < 1.29 is 4.79 Å². The number of amides is 1. The average Bonchev–Trinajstić information content (AvgIpc) is 2.63. The minimum atomic E-state index is -0.142. The second-order valence-corrected chi connectivity index (χ2v) is 6.69. The Morgan fingerprint density at radius 1 is 1.28 bits per heavy atom. The summed E-state index contributed by atoms with van der Waals surface area (Å²) in [6.07, 6.45) is 10.3. The molecule has 0 spiro atoms. The first kappa shape index (κ1) is 17.5. The lowest BCUT2D eigenvalue weighted by atomic mass is 9.94. The van der Waals surface area contributed by atoms with Crippen molar-refractivity contribution in [3.8, 4) is 0 Å². The lowest BCUT2D eigenvalue weighted by molar-refractivity contribution is 0.0941. The van der Waals surface area contributed by atoms with Crippen molar-refractivity contribution in [1.29, 1.82) is 0 Å². The van der Waals surface area contributed by atoms with Gasteiger partial charge in [0.15, 0.2) is 0 Å². The first-order valence-corrected chi connectivity index (χ1v) is 8.89. The molecule has 6 heteroatoms. The zero-order valence-electron chi connectivity index (χ0n) is 14.7. The van der Waals surface area contributed by atoms with E-state index in [0.717, 1.165) is 31.7 Å². The molecule has 1 atom stereocenters. The van der Waals surface area contributed by atoms with E-state index in [1.165, 1.54) is 24.6 Å². The fourth-order valence-electron chi connectivity index (χ4n) is 3.27. The highest BCUT2D eigenvalue weighted by Gasteiger charge is 2.20. The van der Waals surface area contributed by atoms with Gasteiger partial charge in [-0.05, 0) is 56.3 Å². The quantitative estimate of drug-likeness (QED) is 0.874. The van der Waals surface area contributed by atoms with Gasteiger partial charge in [-0.1, -0.05) is 0 Å². The molecule has 0 aliphatic carbocycles. The number of carbonyl (C=O) groups is 1. The fourth-order valence-corrected chi connectivity index (χ4v) is 3.27. The molecule has 6 nitrogen and oxygen atoms in total. The first-order chi connectivity index (χ1) is 12.2. The Labute approximate surface area is 148 Å². The Morgan fingerprint density at radius 3 is 2.88 bits per heavy atom. The van der Waals surface area contributed by atoms with Gasteiger partial charge in [0.2, 0.25) is 0 Å². The maximum Gasteiger partial charge on any atom is 0.271 e. The highest BCUT2D eigenvalue weighted by Crippen LogP contribution is 2.20. The molecule has 1 aliphatic rings. The van der Waals surface area contributed by atoms with Crippen molar-refractivity contribution in [3.63, 3.8) is 0 Å². The third-order valence-electron chi connectivity index (χ3n) is 4.61. The van der Waals surface area contributed by atoms with Crippen molar-refractivity contribution in [2.75, 3.05) is 19.6 Å². The number of piperidine rings is 1. The van der Waals surface area contributed by atoms with E-state index in [4.69, 9.17) is 0 Å². The van der Waals surface area contributed by atoms with Crippen molar-refractivity contribution in [1.82, 2.24) is 25.2 Å². The standard InChI is InChI=1S/C19H25N5O/c1-15-11-23-18(12-22-15)19(25)21-9-6-16-3-2-10-24(13-16)14-17-4-7-20-8-5-17/h4-5,7-8,11-12,16H,2-3,6,9-10,13-14H2,1H3,(H,21,25). The van der Waals surface area contributed by atoms with Crippen molar-refractivity contribution in [2.24, 2.45) is 5.92 Å². The maximum atomic E-state index is 12.1. The second kappa shape index (κ2) is 8.67. The van der Waals surface area contributed by atoms with Crippen molar-refractivity contribution in [2.45, 2.75) is 32.7 Å². The number of aromatic nitrogens is 3. The number of nitrogens with zero attached hydrogens (tertiary/aromatic N) is 4. The normalized spacial score (nSPS) is 18.0. The molecule has 0 radical (unpaired) electrons. The van der Waals surface area contributed by atoms with Crippen LogP contribution in [-0.4, -0.2) is 45.4 Å². The van der Waals surface area contributed by atoms with E-state index < -0.39 is 0 Å². The number of nitrogens with one attached hydrogen (secondary N) is 1. The van der Waals surface area contributed by atoms with Gasteiger partial charge in [-0.2, -0.15) is 0 Å². The predicted molar refractivity (Wildman–Crippen MR) is 96.0 cm³/mol. The molecule has 1 fully saturated rings. The zero-order valence-corrected chi connectivity index (χ0v) is 14.7. The molecular weight excluding hydrogens is 314 g/mol. The van der Waals surface area contributed by atoms with E-state index in [2.05, 4.69) is 37.3 Å². The number of pyridine rings is 1. The van der Waals surface area contributed by atoms with Gasteiger partial charge in [0, 0.05) is 38.2 Å². The summed E-state index contributed by atoms with van der Waals surface area (Å²) in [6.45, 7) is 5.74. The zero-order chi connectivity index (χ0) is 17.5. The third kappa shape index (κ3) is 5.32. The van der Waals surface area contributed by atoms with Crippen LogP contribution in [0.5, 0.6) is 0 Å². The molecule has 1 aliphatic heterocycles. The highest BCUT2D eigenvalue weighted by atomic mass is 16.1. The molecule has 0 saturated carbocycles. The van der Waals surface area contributed by atoms with Gasteiger partial charge in [-0.3, -0.25) is 19.7 Å². The summed E-state index contributed by atoms with van der Waals surface area (Å²) < 4.78 is 0. The second-order valence-electron chi connectivity index (χ2n) is 6.69. The number of rotatable bonds is 6. The first-order valence-electron chi connectivity index (χ1n) is 8.89. The summed E-state index contributed by atoms with van der Waals surface area (Å²) in [4.78, 5) is 26.9. The topological polar surface area (TPSA) is 71.0 Å². The molecule has 1 amide bonds. The summed E-state index contributed by atoms with van der Waals surface area (Å²) in [6, 6.07) is 4.15. The number of hydrogen-bond donors (Lipinski definition) is 1. The summed E-state index contributed by atoms with van der Waals surface area (Å²) in [5, 5.41) is 2.96. The number of hydrogen-bond acceptors (Lipinski definition) is 5. The van der Waals surface area contributed by atoms with Crippen LogP contribution in [0.15, 0.2) is 36.9 Å². The van der Waals surface area contributed by atoms with E-state index in [1.807, 2.05) is 19.3 Å².